The van der Waals surface area contributed by atoms with Crippen molar-refractivity contribution in [1.29, 1.82) is 0 Å². The van der Waals surface area contributed by atoms with Gasteiger partial charge >= 0.3 is 0 Å². The highest BCUT2D eigenvalue weighted by molar-refractivity contribution is 5.98. The SMILES string of the molecule is CC1(CN2CC(=O)NC3(CCCC3)C2=O)CC1. The van der Waals surface area contributed by atoms with Crippen LogP contribution in [0.2, 0.25) is 0 Å². The third-order valence-electron chi connectivity index (χ3n) is 4.54. The molecule has 0 radical (unpaired) electrons. The lowest BCUT2D eigenvalue weighted by Gasteiger charge is -2.40. The van der Waals surface area contributed by atoms with Gasteiger partial charge in [-0.3, -0.25) is 9.59 Å². The van der Waals surface area contributed by atoms with Crippen LogP contribution in [0.15, 0.2) is 0 Å². The van der Waals surface area contributed by atoms with E-state index < -0.39 is 5.54 Å². The molecule has 0 bridgehead atoms. The summed E-state index contributed by atoms with van der Waals surface area (Å²) in [5, 5.41) is 2.95. The van der Waals surface area contributed by atoms with E-state index in [9.17, 15) is 9.59 Å². The van der Waals surface area contributed by atoms with Crippen LogP contribution in [0.4, 0.5) is 0 Å². The Morgan fingerprint density at radius 3 is 2.41 bits per heavy atom. The molecule has 4 nitrogen and oxygen atoms in total. The third kappa shape index (κ3) is 1.83. The van der Waals surface area contributed by atoms with Gasteiger partial charge in [0.15, 0.2) is 0 Å². The lowest BCUT2D eigenvalue weighted by molar-refractivity contribution is -0.150. The number of hydrogen-bond donors (Lipinski definition) is 1. The summed E-state index contributed by atoms with van der Waals surface area (Å²) in [7, 11) is 0. The van der Waals surface area contributed by atoms with Crippen molar-refractivity contribution >= 4 is 11.8 Å². The van der Waals surface area contributed by atoms with Gasteiger partial charge in [0, 0.05) is 6.54 Å². The monoisotopic (exact) mass is 236 g/mol. The Morgan fingerprint density at radius 1 is 1.18 bits per heavy atom. The molecule has 3 fully saturated rings. The highest BCUT2D eigenvalue weighted by atomic mass is 16.2. The molecular formula is C13H20N2O2. The molecule has 0 aromatic heterocycles. The molecule has 3 rings (SSSR count). The average Bonchev–Trinajstić information content (AvgIpc) is 2.81. The first-order valence-corrected chi connectivity index (χ1v) is 6.64. The van der Waals surface area contributed by atoms with Crippen molar-refractivity contribution < 1.29 is 9.59 Å². The highest BCUT2D eigenvalue weighted by Gasteiger charge is 2.50. The number of amides is 2. The number of carbonyl (C=O) groups excluding carboxylic acids is 2. The normalized spacial score (nSPS) is 29.6. The molecule has 2 aliphatic carbocycles. The maximum absolute atomic E-state index is 12.5. The number of hydrogen-bond acceptors (Lipinski definition) is 2. The van der Waals surface area contributed by atoms with Crippen LogP contribution >= 0.6 is 0 Å². The Labute approximate surface area is 102 Å². The second-order valence-corrected chi connectivity index (χ2v) is 6.31. The van der Waals surface area contributed by atoms with Crippen molar-refractivity contribution in [2.75, 3.05) is 13.1 Å². The largest absolute Gasteiger partial charge is 0.340 e. The van der Waals surface area contributed by atoms with Crippen molar-refractivity contribution in [2.24, 2.45) is 5.41 Å². The number of rotatable bonds is 2. The molecule has 2 saturated carbocycles. The maximum Gasteiger partial charge on any atom is 0.248 e. The van der Waals surface area contributed by atoms with Gasteiger partial charge < -0.3 is 10.2 Å². The first-order valence-electron chi connectivity index (χ1n) is 6.64. The second-order valence-electron chi connectivity index (χ2n) is 6.31. The Hall–Kier alpha value is -1.06. The van der Waals surface area contributed by atoms with Crippen LogP contribution in [-0.2, 0) is 9.59 Å². The molecule has 1 spiro atoms. The molecule has 0 aromatic rings. The topological polar surface area (TPSA) is 49.4 Å². The lowest BCUT2D eigenvalue weighted by Crippen LogP contribution is -2.66. The summed E-state index contributed by atoms with van der Waals surface area (Å²) in [6.07, 6.45) is 6.13. The Kier molecular flexibility index (Phi) is 2.25. The summed E-state index contributed by atoms with van der Waals surface area (Å²) >= 11 is 0. The number of carbonyl (C=O) groups is 2. The van der Waals surface area contributed by atoms with E-state index in [-0.39, 0.29) is 23.8 Å². The standard InChI is InChI=1S/C13H20N2O2/c1-12(6-7-12)9-15-8-10(16)14-13(11(15)17)4-2-3-5-13/h2-9H2,1H3,(H,14,16). The van der Waals surface area contributed by atoms with Crippen molar-refractivity contribution in [3.05, 3.63) is 0 Å². The Balaban J connectivity index is 1.79. The van der Waals surface area contributed by atoms with Gasteiger partial charge in [0.2, 0.25) is 11.8 Å². The third-order valence-corrected chi connectivity index (χ3v) is 4.54. The predicted octanol–water partition coefficient (Wildman–Crippen LogP) is 1.06. The first-order chi connectivity index (χ1) is 8.03. The van der Waals surface area contributed by atoms with E-state index >= 15 is 0 Å². The highest BCUT2D eigenvalue weighted by Crippen LogP contribution is 2.46. The van der Waals surface area contributed by atoms with Crippen LogP contribution in [-0.4, -0.2) is 35.3 Å². The number of nitrogens with zero attached hydrogens (tertiary/aromatic N) is 1. The molecule has 2 amide bonds. The molecule has 1 saturated heterocycles. The van der Waals surface area contributed by atoms with Gasteiger partial charge in [-0.15, -0.1) is 0 Å². The van der Waals surface area contributed by atoms with E-state index in [0.29, 0.717) is 0 Å². The van der Waals surface area contributed by atoms with Crippen LogP contribution in [0.25, 0.3) is 0 Å². The van der Waals surface area contributed by atoms with Gasteiger partial charge in [0.05, 0.1) is 6.54 Å². The molecule has 94 valence electrons. The van der Waals surface area contributed by atoms with Gasteiger partial charge in [-0.05, 0) is 31.1 Å². The molecule has 0 aromatic carbocycles. The number of piperazine rings is 1. The molecule has 1 N–H and O–H groups in total. The molecular weight excluding hydrogens is 216 g/mol. The molecule has 4 heteroatoms. The molecule has 0 atom stereocenters. The van der Waals surface area contributed by atoms with Crippen molar-refractivity contribution in [3.63, 3.8) is 0 Å². The zero-order chi connectivity index (χ0) is 12.1. The lowest BCUT2D eigenvalue weighted by atomic mass is 9.92. The van der Waals surface area contributed by atoms with Crippen LogP contribution in [0, 0.1) is 5.41 Å². The van der Waals surface area contributed by atoms with E-state index in [0.717, 1.165) is 32.2 Å². The minimum absolute atomic E-state index is 0.0238. The van der Waals surface area contributed by atoms with Crippen molar-refractivity contribution in [2.45, 2.75) is 51.0 Å². The van der Waals surface area contributed by atoms with E-state index in [1.54, 1.807) is 4.90 Å². The van der Waals surface area contributed by atoms with Gasteiger partial charge in [0.1, 0.15) is 5.54 Å². The van der Waals surface area contributed by atoms with Crippen molar-refractivity contribution in [3.8, 4) is 0 Å². The fraction of sp³-hybridized carbons (Fsp3) is 0.846. The van der Waals surface area contributed by atoms with Crippen LogP contribution in [0.3, 0.4) is 0 Å². The summed E-state index contributed by atoms with van der Waals surface area (Å²) in [4.78, 5) is 26.1. The van der Waals surface area contributed by atoms with Crippen LogP contribution in [0.1, 0.15) is 45.4 Å². The summed E-state index contributed by atoms with van der Waals surface area (Å²) in [5.74, 6) is 0.193. The molecule has 1 heterocycles. The zero-order valence-electron chi connectivity index (χ0n) is 10.4. The van der Waals surface area contributed by atoms with Gasteiger partial charge in [0.25, 0.3) is 0 Å². The summed E-state index contributed by atoms with van der Waals surface area (Å²) < 4.78 is 0. The van der Waals surface area contributed by atoms with E-state index in [1.807, 2.05) is 0 Å². The Morgan fingerprint density at radius 2 is 1.82 bits per heavy atom. The quantitative estimate of drug-likeness (QED) is 0.779. The minimum Gasteiger partial charge on any atom is -0.340 e. The summed E-state index contributed by atoms with van der Waals surface area (Å²) in [6, 6.07) is 0. The van der Waals surface area contributed by atoms with Gasteiger partial charge in [-0.25, -0.2) is 0 Å². The predicted molar refractivity (Wildman–Crippen MR) is 63.3 cm³/mol. The van der Waals surface area contributed by atoms with Crippen molar-refractivity contribution in [1.82, 2.24) is 10.2 Å². The molecule has 17 heavy (non-hydrogen) atoms. The minimum atomic E-state index is -0.541. The zero-order valence-corrected chi connectivity index (χ0v) is 10.4. The summed E-state index contributed by atoms with van der Waals surface area (Å²) in [5.41, 5.74) is -0.256. The average molecular weight is 236 g/mol. The molecule has 3 aliphatic rings. The molecule has 0 unspecified atom stereocenters. The fourth-order valence-corrected chi connectivity index (χ4v) is 3.19. The van der Waals surface area contributed by atoms with E-state index in [2.05, 4.69) is 12.2 Å². The van der Waals surface area contributed by atoms with E-state index in [4.69, 9.17) is 0 Å². The van der Waals surface area contributed by atoms with Gasteiger partial charge in [-0.1, -0.05) is 19.8 Å². The first kappa shape index (κ1) is 11.1. The number of nitrogens with one attached hydrogen (secondary N) is 1. The Bertz CT molecular complexity index is 368. The fourth-order valence-electron chi connectivity index (χ4n) is 3.19. The maximum atomic E-state index is 12.5. The molecule has 1 aliphatic heterocycles. The van der Waals surface area contributed by atoms with Crippen LogP contribution in [0.5, 0.6) is 0 Å². The second kappa shape index (κ2) is 3.47. The van der Waals surface area contributed by atoms with Crippen LogP contribution < -0.4 is 5.32 Å². The van der Waals surface area contributed by atoms with E-state index in [1.165, 1.54) is 12.8 Å². The smallest absolute Gasteiger partial charge is 0.248 e. The van der Waals surface area contributed by atoms with Gasteiger partial charge in [-0.2, -0.15) is 0 Å². The summed E-state index contributed by atoms with van der Waals surface area (Å²) in [6.45, 7) is 3.23.